The van der Waals surface area contributed by atoms with Crippen LogP contribution in [-0.4, -0.2) is 27.9 Å². The third-order valence-electron chi connectivity index (χ3n) is 3.44. The molecule has 0 bridgehead atoms. The molecule has 1 aliphatic rings. The normalized spacial score (nSPS) is 14.0. The van der Waals surface area contributed by atoms with E-state index in [1.807, 2.05) is 18.2 Å². The average Bonchev–Trinajstić information content (AvgIpc) is 3.31. The van der Waals surface area contributed by atoms with Gasteiger partial charge in [0.1, 0.15) is 11.5 Å². The van der Waals surface area contributed by atoms with E-state index in [2.05, 4.69) is 9.97 Å². The van der Waals surface area contributed by atoms with Gasteiger partial charge in [-0.25, -0.2) is 15.8 Å². The number of rotatable bonds is 3. The van der Waals surface area contributed by atoms with Crippen LogP contribution in [0.25, 0.3) is 11.1 Å². The second-order valence-electron chi connectivity index (χ2n) is 5.16. The fraction of sp³-hybridized carbons (Fsp3) is 0.267. The van der Waals surface area contributed by atoms with Gasteiger partial charge in [0, 0.05) is 35.3 Å². The van der Waals surface area contributed by atoms with E-state index >= 15 is 0 Å². The van der Waals surface area contributed by atoms with Crippen LogP contribution in [0.3, 0.4) is 0 Å². The van der Waals surface area contributed by atoms with Gasteiger partial charge in [-0.2, -0.15) is 0 Å². The highest BCUT2D eigenvalue weighted by molar-refractivity contribution is 6.33. The Bertz CT molecular complexity index is 698. The third kappa shape index (κ3) is 2.75. The van der Waals surface area contributed by atoms with Crippen LogP contribution in [0.1, 0.15) is 35.1 Å². The van der Waals surface area contributed by atoms with Crippen molar-refractivity contribution in [3.63, 3.8) is 0 Å². The van der Waals surface area contributed by atoms with Crippen molar-refractivity contribution in [2.75, 3.05) is 7.05 Å². The fourth-order valence-corrected chi connectivity index (χ4v) is 2.38. The van der Waals surface area contributed by atoms with Gasteiger partial charge in [-0.3, -0.25) is 9.80 Å². The highest BCUT2D eigenvalue weighted by Gasteiger charge is 2.29. The standard InChI is InChI=1S/C15H15ClN4O/c1-20(17)15(21)13-11(10-4-2-3-5-12(10)16)8-18-14(19-13)9-6-7-9/h2-5,8-9H,6-7,17H2,1H3. The van der Waals surface area contributed by atoms with Crippen molar-refractivity contribution in [2.45, 2.75) is 18.8 Å². The zero-order valence-corrected chi connectivity index (χ0v) is 12.3. The summed E-state index contributed by atoms with van der Waals surface area (Å²) in [5, 5.41) is 1.58. The van der Waals surface area contributed by atoms with E-state index in [0.717, 1.165) is 23.4 Å². The second kappa shape index (κ2) is 5.42. The number of nitrogens with two attached hydrogens (primary N) is 1. The average molecular weight is 303 g/mol. The van der Waals surface area contributed by atoms with Crippen molar-refractivity contribution in [1.82, 2.24) is 15.0 Å². The van der Waals surface area contributed by atoms with Crippen LogP contribution in [0.2, 0.25) is 5.02 Å². The predicted molar refractivity (Wildman–Crippen MR) is 80.7 cm³/mol. The zero-order valence-electron chi connectivity index (χ0n) is 11.6. The molecule has 1 amide bonds. The third-order valence-corrected chi connectivity index (χ3v) is 3.77. The number of hydrogen-bond acceptors (Lipinski definition) is 4. The first kappa shape index (κ1) is 14.0. The molecule has 1 aromatic heterocycles. The lowest BCUT2D eigenvalue weighted by Gasteiger charge is -2.14. The maximum absolute atomic E-state index is 12.3. The van der Waals surface area contributed by atoms with Gasteiger partial charge < -0.3 is 0 Å². The molecular weight excluding hydrogens is 288 g/mol. The summed E-state index contributed by atoms with van der Waals surface area (Å²) < 4.78 is 0. The van der Waals surface area contributed by atoms with Crippen LogP contribution in [0.4, 0.5) is 0 Å². The Morgan fingerprint density at radius 3 is 2.67 bits per heavy atom. The Labute approximate surface area is 127 Å². The van der Waals surface area contributed by atoms with E-state index in [-0.39, 0.29) is 5.91 Å². The molecule has 1 aromatic carbocycles. The predicted octanol–water partition coefficient (Wildman–Crippen LogP) is 2.62. The van der Waals surface area contributed by atoms with E-state index in [1.54, 1.807) is 12.3 Å². The number of halogens is 1. The number of aromatic nitrogens is 2. The van der Waals surface area contributed by atoms with Gasteiger partial charge in [0.2, 0.25) is 0 Å². The molecular formula is C15H15ClN4O. The summed E-state index contributed by atoms with van der Waals surface area (Å²) in [5.41, 5.74) is 1.63. The first-order valence-corrected chi connectivity index (χ1v) is 7.10. The molecule has 0 spiro atoms. The van der Waals surface area contributed by atoms with Crippen LogP contribution in [0.15, 0.2) is 30.5 Å². The summed E-state index contributed by atoms with van der Waals surface area (Å²) in [6, 6.07) is 7.30. The fourth-order valence-electron chi connectivity index (χ4n) is 2.14. The number of hydrogen-bond donors (Lipinski definition) is 1. The van der Waals surface area contributed by atoms with Gasteiger partial charge in [-0.15, -0.1) is 0 Å². The Morgan fingerprint density at radius 1 is 1.33 bits per heavy atom. The largest absolute Gasteiger partial charge is 0.286 e. The minimum absolute atomic E-state index is 0.296. The van der Waals surface area contributed by atoms with Gasteiger partial charge in [-0.1, -0.05) is 29.8 Å². The molecule has 21 heavy (non-hydrogen) atoms. The molecule has 1 aliphatic carbocycles. The van der Waals surface area contributed by atoms with Gasteiger partial charge in [0.05, 0.1) is 0 Å². The van der Waals surface area contributed by atoms with Gasteiger partial charge in [0.25, 0.3) is 5.91 Å². The first-order chi connectivity index (χ1) is 10.1. The second-order valence-corrected chi connectivity index (χ2v) is 5.57. The maximum Gasteiger partial charge on any atom is 0.286 e. The summed E-state index contributed by atoms with van der Waals surface area (Å²) in [6.45, 7) is 0. The molecule has 0 radical (unpaired) electrons. The molecule has 3 rings (SSSR count). The maximum atomic E-state index is 12.3. The van der Waals surface area contributed by atoms with E-state index in [4.69, 9.17) is 17.4 Å². The summed E-state index contributed by atoms with van der Waals surface area (Å²) in [4.78, 5) is 21.1. The Morgan fingerprint density at radius 2 is 2.05 bits per heavy atom. The van der Waals surface area contributed by atoms with Crippen LogP contribution < -0.4 is 5.84 Å². The molecule has 6 heteroatoms. The minimum Gasteiger partial charge on any atom is -0.278 e. The SMILES string of the molecule is CN(N)C(=O)c1nc(C2CC2)ncc1-c1ccccc1Cl. The van der Waals surface area contributed by atoms with Crippen molar-refractivity contribution in [3.8, 4) is 11.1 Å². The van der Waals surface area contributed by atoms with E-state index in [0.29, 0.717) is 28.0 Å². The summed E-state index contributed by atoms with van der Waals surface area (Å²) in [6.07, 6.45) is 3.80. The highest BCUT2D eigenvalue weighted by atomic mass is 35.5. The van der Waals surface area contributed by atoms with Crippen LogP contribution in [-0.2, 0) is 0 Å². The number of carbonyl (C=O) groups excluding carboxylic acids is 1. The van der Waals surface area contributed by atoms with E-state index in [9.17, 15) is 4.79 Å². The molecule has 0 atom stereocenters. The zero-order chi connectivity index (χ0) is 15.0. The molecule has 1 heterocycles. The number of benzene rings is 1. The topological polar surface area (TPSA) is 72.1 Å². The van der Waals surface area contributed by atoms with Crippen molar-refractivity contribution in [3.05, 3.63) is 47.0 Å². The molecule has 5 nitrogen and oxygen atoms in total. The first-order valence-electron chi connectivity index (χ1n) is 6.72. The summed E-state index contributed by atoms with van der Waals surface area (Å²) >= 11 is 6.22. The number of amides is 1. The molecule has 0 saturated heterocycles. The van der Waals surface area contributed by atoms with E-state index < -0.39 is 0 Å². The van der Waals surface area contributed by atoms with Crippen LogP contribution in [0.5, 0.6) is 0 Å². The smallest absolute Gasteiger partial charge is 0.278 e. The molecule has 108 valence electrons. The molecule has 2 aromatic rings. The number of nitrogens with zero attached hydrogens (tertiary/aromatic N) is 3. The quantitative estimate of drug-likeness (QED) is 0.537. The Kier molecular flexibility index (Phi) is 3.61. The van der Waals surface area contributed by atoms with Gasteiger partial charge >= 0.3 is 0 Å². The number of hydrazine groups is 1. The lowest BCUT2D eigenvalue weighted by atomic mass is 10.0. The monoisotopic (exact) mass is 302 g/mol. The van der Waals surface area contributed by atoms with Gasteiger partial charge in [-0.05, 0) is 18.9 Å². The van der Waals surface area contributed by atoms with Crippen molar-refractivity contribution in [1.29, 1.82) is 0 Å². The number of carbonyl (C=O) groups is 1. The molecule has 1 fully saturated rings. The van der Waals surface area contributed by atoms with Crippen molar-refractivity contribution < 1.29 is 4.79 Å². The summed E-state index contributed by atoms with van der Waals surface area (Å²) in [7, 11) is 1.50. The lowest BCUT2D eigenvalue weighted by molar-refractivity contribution is 0.0789. The van der Waals surface area contributed by atoms with Crippen LogP contribution >= 0.6 is 11.6 Å². The highest BCUT2D eigenvalue weighted by Crippen LogP contribution is 2.39. The van der Waals surface area contributed by atoms with E-state index in [1.165, 1.54) is 7.05 Å². The summed E-state index contributed by atoms with van der Waals surface area (Å²) in [5.74, 6) is 6.30. The molecule has 0 unspecified atom stereocenters. The van der Waals surface area contributed by atoms with Crippen molar-refractivity contribution >= 4 is 17.5 Å². The van der Waals surface area contributed by atoms with Crippen molar-refractivity contribution in [2.24, 2.45) is 5.84 Å². The van der Waals surface area contributed by atoms with Crippen LogP contribution in [0, 0.1) is 0 Å². The van der Waals surface area contributed by atoms with Gasteiger partial charge in [0.15, 0.2) is 0 Å². The molecule has 2 N–H and O–H groups in total. The lowest BCUT2D eigenvalue weighted by Crippen LogP contribution is -2.34. The molecule has 0 aliphatic heterocycles. The minimum atomic E-state index is -0.353. The Hall–Kier alpha value is -1.98. The Balaban J connectivity index is 2.15. The molecule has 1 saturated carbocycles.